The van der Waals surface area contributed by atoms with Gasteiger partial charge in [0.25, 0.3) is 0 Å². The van der Waals surface area contributed by atoms with Gasteiger partial charge in [-0.15, -0.1) is 0 Å². The summed E-state index contributed by atoms with van der Waals surface area (Å²) in [7, 11) is -0.709. The van der Waals surface area contributed by atoms with Gasteiger partial charge in [-0.1, -0.05) is 0 Å². The van der Waals surface area contributed by atoms with Crippen molar-refractivity contribution in [3.63, 3.8) is 0 Å². The highest BCUT2D eigenvalue weighted by Gasteiger charge is 2.00. The molecule has 84 valence electrons. The molecular weight excluding hydrogens is 210 g/mol. The fraction of sp³-hybridized carbons (Fsp3) is 0.600. The first-order chi connectivity index (χ1) is 7.09. The second-order valence-electron chi connectivity index (χ2n) is 3.50. The van der Waals surface area contributed by atoms with Crippen LogP contribution in [-0.2, 0) is 10.8 Å². The summed E-state index contributed by atoms with van der Waals surface area (Å²) >= 11 is 0. The van der Waals surface area contributed by atoms with E-state index in [2.05, 4.69) is 15.3 Å². The number of aromatic nitrogens is 2. The molecule has 4 nitrogen and oxygen atoms in total. The summed E-state index contributed by atoms with van der Waals surface area (Å²) in [6, 6.07) is 0. The number of anilines is 1. The van der Waals surface area contributed by atoms with E-state index < -0.39 is 10.8 Å². The summed E-state index contributed by atoms with van der Waals surface area (Å²) < 4.78 is 10.8. The molecule has 15 heavy (non-hydrogen) atoms. The highest BCUT2D eigenvalue weighted by Crippen LogP contribution is 2.08. The molecule has 0 aromatic carbocycles. The number of nitrogens with one attached hydrogen (secondary N) is 1. The lowest BCUT2D eigenvalue weighted by atomic mass is 10.4. The lowest BCUT2D eigenvalue weighted by molar-refractivity contribution is 0.685. The Labute approximate surface area is 93.0 Å². The standard InChI is InChI=1S/C10H17N3OS/c1-8-7-12-9(2)10(13-8)11-5-4-6-15(3)14/h7H,4-6H2,1-3H3,(H,11,13). The van der Waals surface area contributed by atoms with Gasteiger partial charge in [0.15, 0.2) is 0 Å². The summed E-state index contributed by atoms with van der Waals surface area (Å²) in [4.78, 5) is 8.55. The third-order valence-electron chi connectivity index (χ3n) is 1.98. The molecule has 1 unspecified atom stereocenters. The molecular formula is C10H17N3OS. The van der Waals surface area contributed by atoms with E-state index in [1.165, 1.54) is 0 Å². The van der Waals surface area contributed by atoms with E-state index in [0.29, 0.717) is 0 Å². The molecule has 0 spiro atoms. The van der Waals surface area contributed by atoms with Crippen LogP contribution in [0.25, 0.3) is 0 Å². The number of hydrogen-bond donors (Lipinski definition) is 1. The van der Waals surface area contributed by atoms with Crippen LogP contribution in [0.3, 0.4) is 0 Å². The molecule has 0 bridgehead atoms. The van der Waals surface area contributed by atoms with Crippen LogP contribution < -0.4 is 5.32 Å². The van der Waals surface area contributed by atoms with E-state index in [-0.39, 0.29) is 0 Å². The molecule has 5 heteroatoms. The summed E-state index contributed by atoms with van der Waals surface area (Å²) in [6.45, 7) is 4.63. The summed E-state index contributed by atoms with van der Waals surface area (Å²) in [5.41, 5.74) is 1.81. The maximum Gasteiger partial charge on any atom is 0.147 e. The van der Waals surface area contributed by atoms with Crippen LogP contribution in [0.2, 0.25) is 0 Å². The van der Waals surface area contributed by atoms with Crippen LogP contribution in [0.4, 0.5) is 5.82 Å². The zero-order chi connectivity index (χ0) is 11.3. The lowest BCUT2D eigenvalue weighted by Gasteiger charge is -2.07. The molecule has 0 saturated heterocycles. The third kappa shape index (κ3) is 4.38. The molecule has 1 aromatic rings. The van der Waals surface area contributed by atoms with Crippen molar-refractivity contribution < 1.29 is 4.21 Å². The van der Waals surface area contributed by atoms with Crippen molar-refractivity contribution >= 4 is 16.6 Å². The Bertz CT molecular complexity index is 355. The Morgan fingerprint density at radius 2 is 2.20 bits per heavy atom. The van der Waals surface area contributed by atoms with Gasteiger partial charge in [0.1, 0.15) is 5.82 Å². The molecule has 0 fully saturated rings. The van der Waals surface area contributed by atoms with Gasteiger partial charge in [0, 0.05) is 35.5 Å². The van der Waals surface area contributed by atoms with Crippen LogP contribution in [0.1, 0.15) is 17.8 Å². The maximum absolute atomic E-state index is 10.8. The van der Waals surface area contributed by atoms with Crippen molar-refractivity contribution in [3.8, 4) is 0 Å². The van der Waals surface area contributed by atoms with Crippen molar-refractivity contribution in [3.05, 3.63) is 17.6 Å². The van der Waals surface area contributed by atoms with Gasteiger partial charge in [-0.05, 0) is 20.3 Å². The van der Waals surface area contributed by atoms with E-state index >= 15 is 0 Å². The SMILES string of the molecule is Cc1cnc(C)c(NCCCS(C)=O)n1. The fourth-order valence-electron chi connectivity index (χ4n) is 1.19. The van der Waals surface area contributed by atoms with Crippen LogP contribution in [0.15, 0.2) is 6.20 Å². The summed E-state index contributed by atoms with van der Waals surface area (Å²) in [5.74, 6) is 1.56. The smallest absolute Gasteiger partial charge is 0.147 e. The maximum atomic E-state index is 10.8. The number of hydrogen-bond acceptors (Lipinski definition) is 4. The van der Waals surface area contributed by atoms with E-state index in [0.717, 1.165) is 35.9 Å². The predicted molar refractivity (Wildman–Crippen MR) is 63.5 cm³/mol. The van der Waals surface area contributed by atoms with Crippen LogP contribution in [-0.4, -0.2) is 32.7 Å². The molecule has 0 aliphatic carbocycles. The average molecular weight is 227 g/mol. The van der Waals surface area contributed by atoms with Crippen LogP contribution in [0, 0.1) is 13.8 Å². The van der Waals surface area contributed by atoms with Crippen molar-refractivity contribution in [2.75, 3.05) is 23.9 Å². The van der Waals surface area contributed by atoms with Gasteiger partial charge in [0.05, 0.1) is 11.4 Å². The van der Waals surface area contributed by atoms with Gasteiger partial charge in [-0.3, -0.25) is 9.19 Å². The van der Waals surface area contributed by atoms with Crippen molar-refractivity contribution in [1.29, 1.82) is 0 Å². The monoisotopic (exact) mass is 227 g/mol. The minimum atomic E-state index is -0.709. The van der Waals surface area contributed by atoms with Gasteiger partial charge in [0.2, 0.25) is 0 Å². The largest absolute Gasteiger partial charge is 0.369 e. The minimum Gasteiger partial charge on any atom is -0.369 e. The zero-order valence-electron chi connectivity index (χ0n) is 9.41. The first-order valence-electron chi connectivity index (χ1n) is 4.93. The molecule has 1 rings (SSSR count). The van der Waals surface area contributed by atoms with Gasteiger partial charge in [-0.25, -0.2) is 4.98 Å². The quantitative estimate of drug-likeness (QED) is 0.770. The molecule has 0 aliphatic rings. The normalized spacial score (nSPS) is 12.5. The highest BCUT2D eigenvalue weighted by molar-refractivity contribution is 7.84. The zero-order valence-corrected chi connectivity index (χ0v) is 10.2. The first-order valence-corrected chi connectivity index (χ1v) is 6.66. The molecule has 0 radical (unpaired) electrons. The van der Waals surface area contributed by atoms with Gasteiger partial charge >= 0.3 is 0 Å². The molecule has 1 atom stereocenters. The number of rotatable bonds is 5. The van der Waals surface area contributed by atoms with Crippen molar-refractivity contribution in [1.82, 2.24) is 9.97 Å². The summed E-state index contributed by atoms with van der Waals surface area (Å²) in [6.07, 6.45) is 4.36. The van der Waals surface area contributed by atoms with Crippen LogP contribution in [0.5, 0.6) is 0 Å². The minimum absolute atomic E-state index is 0.709. The molecule has 1 aromatic heterocycles. The van der Waals surface area contributed by atoms with Crippen LogP contribution >= 0.6 is 0 Å². The topological polar surface area (TPSA) is 54.9 Å². The second kappa shape index (κ2) is 5.80. The molecule has 0 aliphatic heterocycles. The molecule has 0 saturated carbocycles. The summed E-state index contributed by atoms with van der Waals surface area (Å²) in [5, 5.41) is 3.20. The van der Waals surface area contributed by atoms with Crippen molar-refractivity contribution in [2.24, 2.45) is 0 Å². The second-order valence-corrected chi connectivity index (χ2v) is 5.06. The van der Waals surface area contributed by atoms with Gasteiger partial charge < -0.3 is 5.32 Å². The molecule has 0 amide bonds. The Balaban J connectivity index is 2.43. The third-order valence-corrected chi connectivity index (χ3v) is 2.84. The Hall–Kier alpha value is -0.970. The Morgan fingerprint density at radius 1 is 1.47 bits per heavy atom. The van der Waals surface area contributed by atoms with Gasteiger partial charge in [-0.2, -0.15) is 0 Å². The molecule has 1 heterocycles. The predicted octanol–water partition coefficient (Wildman–Crippen LogP) is 1.27. The van der Waals surface area contributed by atoms with Crippen molar-refractivity contribution in [2.45, 2.75) is 20.3 Å². The van der Waals surface area contributed by atoms with E-state index in [9.17, 15) is 4.21 Å². The van der Waals surface area contributed by atoms with E-state index in [1.807, 2.05) is 13.8 Å². The molecule has 1 N–H and O–H groups in total. The Kier molecular flexibility index (Phi) is 4.68. The van der Waals surface area contributed by atoms with E-state index in [1.54, 1.807) is 12.5 Å². The first kappa shape index (κ1) is 12.1. The number of aryl methyl sites for hydroxylation is 2. The Morgan fingerprint density at radius 3 is 2.87 bits per heavy atom. The average Bonchev–Trinajstić information content (AvgIpc) is 2.17. The lowest BCUT2D eigenvalue weighted by Crippen LogP contribution is -2.09. The van der Waals surface area contributed by atoms with E-state index in [4.69, 9.17) is 0 Å². The fourth-order valence-corrected chi connectivity index (χ4v) is 1.74. The highest BCUT2D eigenvalue weighted by atomic mass is 32.2. The number of nitrogens with zero attached hydrogens (tertiary/aromatic N) is 2.